The van der Waals surface area contributed by atoms with Gasteiger partial charge in [-0.25, -0.2) is 4.79 Å². The average molecular weight is 372 g/mol. The number of hydrogen-bond donors (Lipinski definition) is 1. The number of ether oxygens (including phenoxy) is 2. The number of methoxy groups -OCH3 is 1. The van der Waals surface area contributed by atoms with Gasteiger partial charge in [-0.05, 0) is 24.4 Å². The Kier molecular flexibility index (Phi) is 4.81. The fraction of sp³-hybridized carbons (Fsp3) is 0.130. The fourth-order valence-electron chi connectivity index (χ4n) is 3.33. The molecule has 140 valence electrons. The molecule has 0 fully saturated rings. The summed E-state index contributed by atoms with van der Waals surface area (Å²) in [5.74, 6) is 0.233. The second-order valence-corrected chi connectivity index (χ2v) is 6.28. The highest BCUT2D eigenvalue weighted by Crippen LogP contribution is 2.35. The predicted molar refractivity (Wildman–Crippen MR) is 111 cm³/mol. The highest BCUT2D eigenvalue weighted by Gasteiger charge is 2.19. The zero-order valence-electron chi connectivity index (χ0n) is 15.7. The van der Waals surface area contributed by atoms with E-state index in [0.717, 1.165) is 21.8 Å². The van der Waals surface area contributed by atoms with Gasteiger partial charge in [-0.2, -0.15) is 0 Å². The van der Waals surface area contributed by atoms with Gasteiger partial charge in [-0.15, -0.1) is 0 Å². The van der Waals surface area contributed by atoms with E-state index in [2.05, 4.69) is 22.4 Å². The molecule has 0 aliphatic carbocycles. The molecule has 1 aromatic heterocycles. The minimum Gasteiger partial charge on any atom is -0.494 e. The van der Waals surface area contributed by atoms with Gasteiger partial charge in [0, 0.05) is 22.7 Å². The monoisotopic (exact) mass is 372 g/mol. The van der Waals surface area contributed by atoms with Crippen molar-refractivity contribution in [2.75, 3.05) is 19.0 Å². The average Bonchev–Trinajstić information content (AvgIpc) is 2.74. The van der Waals surface area contributed by atoms with Crippen LogP contribution in [0.1, 0.15) is 17.3 Å². The smallest absolute Gasteiger partial charge is 0.341 e. The second-order valence-electron chi connectivity index (χ2n) is 6.28. The molecule has 0 amide bonds. The molecule has 0 radical (unpaired) electrons. The Morgan fingerprint density at radius 3 is 2.57 bits per heavy atom. The van der Waals surface area contributed by atoms with Crippen LogP contribution >= 0.6 is 0 Å². The summed E-state index contributed by atoms with van der Waals surface area (Å²) in [7, 11) is 1.60. The summed E-state index contributed by atoms with van der Waals surface area (Å²) in [6.45, 7) is 2.08. The van der Waals surface area contributed by atoms with Crippen LogP contribution in [0.5, 0.6) is 5.75 Å². The highest BCUT2D eigenvalue weighted by atomic mass is 16.5. The molecule has 0 bridgehead atoms. The van der Waals surface area contributed by atoms with E-state index in [0.29, 0.717) is 29.1 Å². The number of fused-ring (bicyclic) bond motifs is 2. The van der Waals surface area contributed by atoms with Crippen molar-refractivity contribution < 1.29 is 14.3 Å². The second kappa shape index (κ2) is 7.56. The Morgan fingerprint density at radius 1 is 1.00 bits per heavy atom. The van der Waals surface area contributed by atoms with Crippen molar-refractivity contribution in [3.63, 3.8) is 0 Å². The standard InChI is InChI=1S/C23H20N2O3/c1-3-28-23(26)18-14-24-22-17(11-7-13-20(22)27-2)21(18)25-19-12-6-9-15-8-4-5-10-16(15)19/h4-14H,3H2,1-2H3,(H,24,25). The van der Waals surface area contributed by atoms with Gasteiger partial charge in [0.1, 0.15) is 16.8 Å². The lowest BCUT2D eigenvalue weighted by molar-refractivity contribution is 0.0527. The lowest BCUT2D eigenvalue weighted by Gasteiger charge is -2.16. The third kappa shape index (κ3) is 3.11. The molecule has 0 saturated carbocycles. The molecule has 1 heterocycles. The molecule has 3 aromatic carbocycles. The number of pyridine rings is 1. The summed E-state index contributed by atoms with van der Waals surface area (Å²) >= 11 is 0. The van der Waals surface area contributed by atoms with Crippen molar-refractivity contribution in [2.24, 2.45) is 0 Å². The van der Waals surface area contributed by atoms with Crippen LogP contribution in [0.4, 0.5) is 11.4 Å². The zero-order valence-corrected chi connectivity index (χ0v) is 15.7. The Labute approximate surface area is 162 Å². The minimum absolute atomic E-state index is 0.294. The van der Waals surface area contributed by atoms with Crippen LogP contribution < -0.4 is 10.1 Å². The number of nitrogens with one attached hydrogen (secondary N) is 1. The molecule has 4 aromatic rings. The first-order valence-corrected chi connectivity index (χ1v) is 9.10. The van der Waals surface area contributed by atoms with E-state index in [-0.39, 0.29) is 0 Å². The summed E-state index contributed by atoms with van der Waals surface area (Å²) in [5.41, 5.74) is 2.62. The number of rotatable bonds is 5. The Hall–Kier alpha value is -3.60. The quantitative estimate of drug-likeness (QED) is 0.481. The summed E-state index contributed by atoms with van der Waals surface area (Å²) in [6.07, 6.45) is 1.54. The van der Waals surface area contributed by atoms with E-state index in [4.69, 9.17) is 9.47 Å². The number of esters is 1. The number of carbonyl (C=O) groups excluding carboxylic acids is 1. The molecule has 0 aliphatic rings. The number of anilines is 2. The molecule has 0 unspecified atom stereocenters. The fourth-order valence-corrected chi connectivity index (χ4v) is 3.33. The normalized spacial score (nSPS) is 10.8. The number of para-hydroxylation sites is 1. The van der Waals surface area contributed by atoms with Gasteiger partial charge in [-0.3, -0.25) is 4.98 Å². The van der Waals surface area contributed by atoms with E-state index in [1.54, 1.807) is 14.0 Å². The van der Waals surface area contributed by atoms with Crippen molar-refractivity contribution in [1.82, 2.24) is 4.98 Å². The number of aromatic nitrogens is 1. The van der Waals surface area contributed by atoms with Crippen LogP contribution in [0.3, 0.4) is 0 Å². The van der Waals surface area contributed by atoms with Crippen molar-refractivity contribution in [1.29, 1.82) is 0 Å². The van der Waals surface area contributed by atoms with Gasteiger partial charge < -0.3 is 14.8 Å². The van der Waals surface area contributed by atoms with Crippen molar-refractivity contribution in [3.05, 3.63) is 72.4 Å². The molecule has 0 spiro atoms. The summed E-state index contributed by atoms with van der Waals surface area (Å²) in [6, 6.07) is 19.8. The number of nitrogens with zero attached hydrogens (tertiary/aromatic N) is 1. The van der Waals surface area contributed by atoms with Crippen LogP contribution in [0.15, 0.2) is 66.9 Å². The third-order valence-corrected chi connectivity index (χ3v) is 4.62. The maximum Gasteiger partial charge on any atom is 0.341 e. The molecular formula is C23H20N2O3. The van der Waals surface area contributed by atoms with Crippen molar-refractivity contribution >= 4 is 39.0 Å². The van der Waals surface area contributed by atoms with E-state index < -0.39 is 5.97 Å². The van der Waals surface area contributed by atoms with E-state index in [1.165, 1.54) is 6.20 Å². The topological polar surface area (TPSA) is 60.5 Å². The number of hydrogen-bond acceptors (Lipinski definition) is 5. The predicted octanol–water partition coefficient (Wildman–Crippen LogP) is 5.32. The molecule has 0 saturated heterocycles. The van der Waals surface area contributed by atoms with Crippen LogP contribution in [0.25, 0.3) is 21.7 Å². The van der Waals surface area contributed by atoms with Crippen LogP contribution in [0.2, 0.25) is 0 Å². The lowest BCUT2D eigenvalue weighted by Crippen LogP contribution is -2.09. The van der Waals surface area contributed by atoms with Gasteiger partial charge >= 0.3 is 5.97 Å². The van der Waals surface area contributed by atoms with Crippen LogP contribution in [-0.2, 0) is 4.74 Å². The highest BCUT2D eigenvalue weighted by molar-refractivity contribution is 6.09. The summed E-state index contributed by atoms with van der Waals surface area (Å²) in [5, 5.41) is 6.42. The first-order chi connectivity index (χ1) is 13.7. The molecule has 0 aliphatic heterocycles. The maximum absolute atomic E-state index is 12.6. The number of carbonyl (C=O) groups is 1. The van der Waals surface area contributed by atoms with Gasteiger partial charge in [0.15, 0.2) is 0 Å². The first kappa shape index (κ1) is 17.8. The molecule has 1 N–H and O–H groups in total. The molecular weight excluding hydrogens is 352 g/mol. The molecule has 0 atom stereocenters. The zero-order chi connectivity index (χ0) is 19.5. The Balaban J connectivity index is 1.94. The molecule has 28 heavy (non-hydrogen) atoms. The van der Waals surface area contributed by atoms with E-state index in [9.17, 15) is 4.79 Å². The summed E-state index contributed by atoms with van der Waals surface area (Å²) in [4.78, 5) is 17.0. The van der Waals surface area contributed by atoms with E-state index >= 15 is 0 Å². The SMILES string of the molecule is CCOC(=O)c1cnc2c(OC)cccc2c1Nc1cccc2ccccc12. The largest absolute Gasteiger partial charge is 0.494 e. The van der Waals surface area contributed by atoms with E-state index in [1.807, 2.05) is 48.5 Å². The van der Waals surface area contributed by atoms with Gasteiger partial charge in [-0.1, -0.05) is 48.5 Å². The third-order valence-electron chi connectivity index (χ3n) is 4.62. The van der Waals surface area contributed by atoms with Gasteiger partial charge in [0.25, 0.3) is 0 Å². The Bertz CT molecular complexity index is 1170. The van der Waals surface area contributed by atoms with Crippen LogP contribution in [-0.4, -0.2) is 24.7 Å². The Morgan fingerprint density at radius 2 is 1.75 bits per heavy atom. The maximum atomic E-state index is 12.6. The number of benzene rings is 3. The van der Waals surface area contributed by atoms with Gasteiger partial charge in [0.2, 0.25) is 0 Å². The first-order valence-electron chi connectivity index (χ1n) is 9.10. The van der Waals surface area contributed by atoms with Crippen molar-refractivity contribution in [2.45, 2.75) is 6.92 Å². The van der Waals surface area contributed by atoms with Gasteiger partial charge in [0.05, 0.1) is 19.4 Å². The minimum atomic E-state index is -0.414. The van der Waals surface area contributed by atoms with Crippen molar-refractivity contribution in [3.8, 4) is 5.75 Å². The lowest BCUT2D eigenvalue weighted by atomic mass is 10.1. The molecule has 4 rings (SSSR count). The molecule has 5 heteroatoms. The summed E-state index contributed by atoms with van der Waals surface area (Å²) < 4.78 is 10.7. The molecule has 5 nitrogen and oxygen atoms in total. The van der Waals surface area contributed by atoms with Crippen LogP contribution in [0, 0.1) is 0 Å².